The van der Waals surface area contributed by atoms with E-state index >= 15 is 0 Å². The van der Waals surface area contributed by atoms with Crippen molar-refractivity contribution in [3.05, 3.63) is 33.3 Å². The Morgan fingerprint density at radius 1 is 1.15 bits per heavy atom. The SMILES string of the molecule is Cc1cc(Br)cc(C)c1C1C(=O)NC2(CCC(OC(F)C(F)F)CC2)C1=O. The van der Waals surface area contributed by atoms with Gasteiger partial charge in [0.25, 0.3) is 12.8 Å². The van der Waals surface area contributed by atoms with Crippen LogP contribution in [0.1, 0.15) is 48.3 Å². The van der Waals surface area contributed by atoms with E-state index in [1.54, 1.807) is 0 Å². The molecule has 2 fully saturated rings. The van der Waals surface area contributed by atoms with Crippen LogP contribution in [0.25, 0.3) is 0 Å². The predicted molar refractivity (Wildman–Crippen MR) is 96.5 cm³/mol. The van der Waals surface area contributed by atoms with Gasteiger partial charge in [0.2, 0.25) is 5.91 Å². The van der Waals surface area contributed by atoms with E-state index in [1.165, 1.54) is 0 Å². The van der Waals surface area contributed by atoms with Crippen molar-refractivity contribution in [3.8, 4) is 0 Å². The number of alkyl halides is 3. The van der Waals surface area contributed by atoms with E-state index in [0.717, 1.165) is 15.6 Å². The molecular weight excluding hydrogens is 427 g/mol. The van der Waals surface area contributed by atoms with Crippen LogP contribution in [-0.4, -0.2) is 36.1 Å². The van der Waals surface area contributed by atoms with Gasteiger partial charge in [0, 0.05) is 4.47 Å². The molecule has 0 bridgehead atoms. The minimum absolute atomic E-state index is 0.204. The summed E-state index contributed by atoms with van der Waals surface area (Å²) in [5.74, 6) is -1.43. The Labute approximate surface area is 164 Å². The molecular formula is C19H21BrF3NO3. The van der Waals surface area contributed by atoms with E-state index in [9.17, 15) is 22.8 Å². The Bertz CT molecular complexity index is 740. The molecule has 2 unspecified atom stereocenters. The molecule has 8 heteroatoms. The third-order valence-corrected chi connectivity index (χ3v) is 5.97. The number of hydrogen-bond acceptors (Lipinski definition) is 3. The fourth-order valence-corrected chi connectivity index (χ4v) is 4.93. The summed E-state index contributed by atoms with van der Waals surface area (Å²) in [5, 5.41) is 2.84. The first-order valence-electron chi connectivity index (χ1n) is 8.85. The summed E-state index contributed by atoms with van der Waals surface area (Å²) < 4.78 is 43.4. The standard InChI is InChI=1S/C19H21BrF3NO3/c1-9-7-11(20)8-10(2)13(9)14-15(25)19(24-18(14)26)5-3-12(4-6-19)27-17(23)16(21)22/h7-8,12,14,16-17H,3-6H2,1-2H3,(H,24,26). The number of carbonyl (C=O) groups excluding carboxylic acids is 2. The molecule has 0 aromatic heterocycles. The van der Waals surface area contributed by atoms with Crippen molar-refractivity contribution >= 4 is 27.6 Å². The van der Waals surface area contributed by atoms with E-state index in [1.807, 2.05) is 26.0 Å². The molecule has 27 heavy (non-hydrogen) atoms. The summed E-state index contributed by atoms with van der Waals surface area (Å²) in [6.07, 6.45) is -5.51. The zero-order valence-corrected chi connectivity index (χ0v) is 16.6. The van der Waals surface area contributed by atoms with Crippen molar-refractivity contribution in [3.63, 3.8) is 0 Å². The summed E-state index contributed by atoms with van der Waals surface area (Å²) in [6, 6.07) is 3.73. The molecule has 1 aliphatic carbocycles. The van der Waals surface area contributed by atoms with Gasteiger partial charge in [-0.1, -0.05) is 15.9 Å². The second kappa shape index (κ2) is 7.54. The van der Waals surface area contributed by atoms with Crippen LogP contribution in [-0.2, 0) is 14.3 Å². The average Bonchev–Trinajstić information content (AvgIpc) is 2.80. The van der Waals surface area contributed by atoms with Gasteiger partial charge in [0.15, 0.2) is 5.78 Å². The van der Waals surface area contributed by atoms with Crippen LogP contribution in [0.15, 0.2) is 16.6 Å². The number of nitrogens with one attached hydrogen (secondary N) is 1. The Morgan fingerprint density at radius 2 is 1.70 bits per heavy atom. The van der Waals surface area contributed by atoms with Crippen molar-refractivity contribution in [2.45, 2.75) is 69.9 Å². The van der Waals surface area contributed by atoms with Crippen LogP contribution in [0.4, 0.5) is 13.2 Å². The number of halogens is 4. The molecule has 1 saturated heterocycles. The number of ketones is 1. The highest BCUT2D eigenvalue weighted by atomic mass is 79.9. The van der Waals surface area contributed by atoms with Crippen LogP contribution in [0, 0.1) is 13.8 Å². The first-order chi connectivity index (χ1) is 12.6. The second-order valence-corrected chi connectivity index (χ2v) is 8.26. The lowest BCUT2D eigenvalue weighted by atomic mass is 9.75. The zero-order chi connectivity index (χ0) is 19.9. The maximum absolute atomic E-state index is 13.2. The van der Waals surface area contributed by atoms with Crippen molar-refractivity contribution in [2.75, 3.05) is 0 Å². The largest absolute Gasteiger partial charge is 0.343 e. The molecule has 3 rings (SSSR count). The minimum Gasteiger partial charge on any atom is -0.343 e. The highest BCUT2D eigenvalue weighted by molar-refractivity contribution is 9.10. The van der Waals surface area contributed by atoms with Gasteiger partial charge in [0.1, 0.15) is 5.92 Å². The zero-order valence-electron chi connectivity index (χ0n) is 15.0. The third-order valence-electron chi connectivity index (χ3n) is 5.51. The molecule has 1 N–H and O–H groups in total. The normalized spacial score (nSPS) is 29.4. The number of aryl methyl sites for hydroxylation is 2. The van der Waals surface area contributed by atoms with Gasteiger partial charge in [-0.3, -0.25) is 9.59 Å². The highest BCUT2D eigenvalue weighted by Crippen LogP contribution is 2.42. The number of Topliss-reactive ketones (excluding diaryl/α,β-unsaturated/α-hetero) is 1. The molecule has 2 atom stereocenters. The van der Waals surface area contributed by atoms with E-state index in [-0.39, 0.29) is 37.4 Å². The van der Waals surface area contributed by atoms with Crippen LogP contribution in [0.2, 0.25) is 0 Å². The minimum atomic E-state index is -3.19. The molecule has 1 saturated carbocycles. The highest BCUT2D eigenvalue weighted by Gasteiger charge is 2.54. The lowest BCUT2D eigenvalue weighted by Gasteiger charge is -2.36. The maximum atomic E-state index is 13.2. The molecule has 1 amide bonds. The van der Waals surface area contributed by atoms with Gasteiger partial charge in [-0.05, 0) is 68.4 Å². The molecule has 1 aromatic rings. The third kappa shape index (κ3) is 3.78. The van der Waals surface area contributed by atoms with Crippen LogP contribution < -0.4 is 5.32 Å². The summed E-state index contributed by atoms with van der Waals surface area (Å²) in [6.45, 7) is 3.71. The van der Waals surface area contributed by atoms with Crippen molar-refractivity contribution < 1.29 is 27.5 Å². The van der Waals surface area contributed by atoms with Crippen LogP contribution in [0.5, 0.6) is 0 Å². The Hall–Kier alpha value is -1.41. The van der Waals surface area contributed by atoms with E-state index in [4.69, 9.17) is 4.74 Å². The van der Waals surface area contributed by atoms with Crippen molar-refractivity contribution in [1.29, 1.82) is 0 Å². The Morgan fingerprint density at radius 3 is 2.22 bits per heavy atom. The van der Waals surface area contributed by atoms with Gasteiger partial charge in [-0.2, -0.15) is 0 Å². The Kier molecular flexibility index (Phi) is 5.68. The molecule has 1 heterocycles. The van der Waals surface area contributed by atoms with Gasteiger partial charge in [-0.15, -0.1) is 0 Å². The number of ether oxygens (including phenoxy) is 1. The predicted octanol–water partition coefficient (Wildman–Crippen LogP) is 4.11. The summed E-state index contributed by atoms with van der Waals surface area (Å²) >= 11 is 3.41. The molecule has 1 aromatic carbocycles. The number of carbonyl (C=O) groups is 2. The average molecular weight is 448 g/mol. The van der Waals surface area contributed by atoms with E-state index in [2.05, 4.69) is 21.2 Å². The van der Waals surface area contributed by atoms with Crippen LogP contribution in [0.3, 0.4) is 0 Å². The molecule has 4 nitrogen and oxygen atoms in total. The van der Waals surface area contributed by atoms with Crippen molar-refractivity contribution in [2.24, 2.45) is 0 Å². The van der Waals surface area contributed by atoms with Gasteiger partial charge >= 0.3 is 0 Å². The first-order valence-corrected chi connectivity index (χ1v) is 9.64. The molecule has 0 radical (unpaired) electrons. The molecule has 1 spiro atoms. The molecule has 148 valence electrons. The number of benzene rings is 1. The summed E-state index contributed by atoms with van der Waals surface area (Å²) in [5.41, 5.74) is 1.38. The summed E-state index contributed by atoms with van der Waals surface area (Å²) in [7, 11) is 0. The monoisotopic (exact) mass is 447 g/mol. The van der Waals surface area contributed by atoms with E-state index in [0.29, 0.717) is 5.56 Å². The van der Waals surface area contributed by atoms with E-state index < -0.39 is 30.3 Å². The molecule has 2 aliphatic rings. The number of amides is 1. The smallest absolute Gasteiger partial charge is 0.293 e. The lowest BCUT2D eigenvalue weighted by Crippen LogP contribution is -2.50. The fourth-order valence-electron chi connectivity index (χ4n) is 4.24. The summed E-state index contributed by atoms with van der Waals surface area (Å²) in [4.78, 5) is 25.9. The first kappa shape index (κ1) is 20.3. The fraction of sp³-hybridized carbons (Fsp3) is 0.579. The Balaban J connectivity index is 1.78. The topological polar surface area (TPSA) is 55.4 Å². The number of rotatable bonds is 4. The second-order valence-electron chi connectivity index (χ2n) is 7.34. The van der Waals surface area contributed by atoms with Gasteiger partial charge in [0.05, 0.1) is 11.6 Å². The maximum Gasteiger partial charge on any atom is 0.293 e. The van der Waals surface area contributed by atoms with Crippen molar-refractivity contribution in [1.82, 2.24) is 5.32 Å². The molecule has 1 aliphatic heterocycles. The van der Waals surface area contributed by atoms with Crippen LogP contribution >= 0.6 is 15.9 Å². The quantitative estimate of drug-likeness (QED) is 0.706. The van der Waals surface area contributed by atoms with Gasteiger partial charge < -0.3 is 10.1 Å². The lowest BCUT2D eigenvalue weighted by molar-refractivity contribution is -0.167. The van der Waals surface area contributed by atoms with Gasteiger partial charge in [-0.25, -0.2) is 13.2 Å². The number of hydrogen-bond donors (Lipinski definition) is 1.